The summed E-state index contributed by atoms with van der Waals surface area (Å²) < 4.78 is 0. The van der Waals surface area contributed by atoms with Crippen molar-refractivity contribution in [3.8, 4) is 0 Å². The number of hydrogen-bond donors (Lipinski definition) is 1. The summed E-state index contributed by atoms with van der Waals surface area (Å²) in [5.41, 5.74) is 1.01. The van der Waals surface area contributed by atoms with Crippen LogP contribution in [0.3, 0.4) is 0 Å². The van der Waals surface area contributed by atoms with Gasteiger partial charge in [-0.3, -0.25) is 0 Å². The lowest BCUT2D eigenvalue weighted by Gasteiger charge is -2.04. The van der Waals surface area contributed by atoms with Gasteiger partial charge in [-0.2, -0.15) is 0 Å². The van der Waals surface area contributed by atoms with Gasteiger partial charge in [0.1, 0.15) is 0 Å². The Kier molecular flexibility index (Phi) is 4.73. The molecule has 1 nitrogen and oxygen atoms in total. The predicted molar refractivity (Wildman–Crippen MR) is 45.1 cm³/mol. The maximum absolute atomic E-state index is 9.01. The van der Waals surface area contributed by atoms with E-state index in [0.717, 1.165) is 18.4 Å². The van der Waals surface area contributed by atoms with Crippen LogP contribution in [0.1, 0.15) is 33.6 Å². The van der Waals surface area contributed by atoms with Crippen molar-refractivity contribution in [2.45, 2.75) is 33.6 Å². The van der Waals surface area contributed by atoms with E-state index in [1.54, 1.807) is 0 Å². The Morgan fingerprint density at radius 1 is 1.40 bits per heavy atom. The van der Waals surface area contributed by atoms with E-state index >= 15 is 0 Å². The summed E-state index contributed by atoms with van der Waals surface area (Å²) in [6.45, 7) is 5.92. The first-order valence-electron chi connectivity index (χ1n) is 3.86. The van der Waals surface area contributed by atoms with E-state index < -0.39 is 0 Å². The van der Waals surface area contributed by atoms with Crippen LogP contribution in [0.4, 0.5) is 0 Å². The largest absolute Gasteiger partial charge is 0.512 e. The number of aliphatic hydroxyl groups is 1. The van der Waals surface area contributed by atoms with Crippen molar-refractivity contribution in [3.05, 3.63) is 23.5 Å². The van der Waals surface area contributed by atoms with Gasteiger partial charge in [0.15, 0.2) is 0 Å². The standard InChI is InChI=1S/C7H10O.C2H6/c1-6-4-2-3-5-7(6)8;1-2/h2,4,8H,3,5H2,1H3;1-2H3. The fraction of sp³-hybridized carbons (Fsp3) is 0.556. The van der Waals surface area contributed by atoms with Gasteiger partial charge in [0.25, 0.3) is 0 Å². The first-order valence-corrected chi connectivity index (χ1v) is 3.86. The maximum atomic E-state index is 9.01. The third-order valence-electron chi connectivity index (χ3n) is 1.37. The second-order valence-corrected chi connectivity index (χ2v) is 2.07. The topological polar surface area (TPSA) is 20.2 Å². The second-order valence-electron chi connectivity index (χ2n) is 2.07. The van der Waals surface area contributed by atoms with E-state index in [2.05, 4.69) is 6.08 Å². The lowest BCUT2D eigenvalue weighted by atomic mass is 10.1. The third kappa shape index (κ3) is 2.72. The summed E-state index contributed by atoms with van der Waals surface area (Å²) in [5.74, 6) is 0.549. The van der Waals surface area contributed by atoms with E-state index in [1.165, 1.54) is 0 Å². The Morgan fingerprint density at radius 3 is 2.30 bits per heavy atom. The zero-order valence-electron chi connectivity index (χ0n) is 7.02. The quantitative estimate of drug-likeness (QED) is 0.548. The molecule has 1 heteroatoms. The molecule has 1 aliphatic rings. The van der Waals surface area contributed by atoms with Crippen molar-refractivity contribution in [1.82, 2.24) is 0 Å². The molecular weight excluding hydrogens is 124 g/mol. The van der Waals surface area contributed by atoms with E-state index in [9.17, 15) is 0 Å². The highest BCUT2D eigenvalue weighted by Gasteiger charge is 1.99. The maximum Gasteiger partial charge on any atom is 0.0954 e. The Bertz CT molecular complexity index is 143. The van der Waals surface area contributed by atoms with E-state index in [4.69, 9.17) is 5.11 Å². The highest BCUT2D eigenvalue weighted by Crippen LogP contribution is 2.14. The van der Waals surface area contributed by atoms with E-state index in [-0.39, 0.29) is 0 Å². The number of rotatable bonds is 0. The second kappa shape index (κ2) is 5.10. The molecular formula is C9H16O. The monoisotopic (exact) mass is 140 g/mol. The van der Waals surface area contributed by atoms with Crippen molar-refractivity contribution in [2.75, 3.05) is 0 Å². The SMILES string of the molecule is CC.CC1=C(O)CCC=C1. The first-order chi connectivity index (χ1) is 4.80. The van der Waals surface area contributed by atoms with Gasteiger partial charge >= 0.3 is 0 Å². The molecule has 0 amide bonds. The molecule has 1 rings (SSSR count). The summed E-state index contributed by atoms with van der Waals surface area (Å²) in [4.78, 5) is 0. The third-order valence-corrected chi connectivity index (χ3v) is 1.37. The van der Waals surface area contributed by atoms with Crippen LogP contribution >= 0.6 is 0 Å². The molecule has 0 aromatic heterocycles. The number of hydrogen-bond acceptors (Lipinski definition) is 1. The van der Waals surface area contributed by atoms with Crippen LogP contribution in [0, 0.1) is 0 Å². The summed E-state index contributed by atoms with van der Waals surface area (Å²) in [6.07, 6.45) is 5.85. The molecule has 0 spiro atoms. The molecule has 10 heavy (non-hydrogen) atoms. The Balaban J connectivity index is 0.000000371. The molecule has 0 radical (unpaired) electrons. The molecule has 0 saturated carbocycles. The fourth-order valence-electron chi connectivity index (χ4n) is 0.774. The minimum atomic E-state index is 0.549. The average Bonchev–Trinajstić information content (AvgIpc) is 2.00. The van der Waals surface area contributed by atoms with Gasteiger partial charge in [-0.1, -0.05) is 26.0 Å². The van der Waals surface area contributed by atoms with Crippen molar-refractivity contribution < 1.29 is 5.11 Å². The highest BCUT2D eigenvalue weighted by molar-refractivity contribution is 5.22. The number of allylic oxidation sites excluding steroid dienone is 4. The Morgan fingerprint density at radius 2 is 2.00 bits per heavy atom. The summed E-state index contributed by atoms with van der Waals surface area (Å²) in [6, 6.07) is 0. The van der Waals surface area contributed by atoms with Crippen LogP contribution in [0.15, 0.2) is 23.5 Å². The molecule has 0 fully saturated rings. The van der Waals surface area contributed by atoms with Crippen LogP contribution < -0.4 is 0 Å². The lowest BCUT2D eigenvalue weighted by molar-refractivity contribution is 0.382. The average molecular weight is 140 g/mol. The van der Waals surface area contributed by atoms with Crippen LogP contribution in [-0.2, 0) is 0 Å². The zero-order valence-corrected chi connectivity index (χ0v) is 7.02. The van der Waals surface area contributed by atoms with Crippen molar-refractivity contribution in [2.24, 2.45) is 0 Å². The van der Waals surface area contributed by atoms with Gasteiger partial charge in [0.05, 0.1) is 5.76 Å². The van der Waals surface area contributed by atoms with Crippen molar-refractivity contribution in [3.63, 3.8) is 0 Å². The van der Waals surface area contributed by atoms with Crippen LogP contribution in [-0.4, -0.2) is 5.11 Å². The lowest BCUT2D eigenvalue weighted by Crippen LogP contribution is -1.89. The van der Waals surface area contributed by atoms with E-state index in [0.29, 0.717) is 5.76 Å². The molecule has 0 atom stereocenters. The predicted octanol–water partition coefficient (Wildman–Crippen LogP) is 3.19. The minimum absolute atomic E-state index is 0.549. The molecule has 58 valence electrons. The summed E-state index contributed by atoms with van der Waals surface area (Å²) in [5, 5.41) is 9.01. The highest BCUT2D eigenvalue weighted by atomic mass is 16.3. The van der Waals surface area contributed by atoms with Crippen LogP contribution in [0.5, 0.6) is 0 Å². The van der Waals surface area contributed by atoms with Crippen LogP contribution in [0.25, 0.3) is 0 Å². The summed E-state index contributed by atoms with van der Waals surface area (Å²) in [7, 11) is 0. The Hall–Kier alpha value is -0.720. The normalized spacial score (nSPS) is 16.3. The molecule has 0 aromatic rings. The minimum Gasteiger partial charge on any atom is -0.512 e. The molecule has 0 aliphatic heterocycles. The van der Waals surface area contributed by atoms with Gasteiger partial charge in [-0.25, -0.2) is 0 Å². The molecule has 0 saturated heterocycles. The summed E-state index contributed by atoms with van der Waals surface area (Å²) >= 11 is 0. The van der Waals surface area contributed by atoms with Crippen molar-refractivity contribution >= 4 is 0 Å². The van der Waals surface area contributed by atoms with Crippen molar-refractivity contribution in [1.29, 1.82) is 0 Å². The first kappa shape index (κ1) is 9.28. The van der Waals surface area contributed by atoms with Gasteiger partial charge in [0.2, 0.25) is 0 Å². The van der Waals surface area contributed by atoms with E-state index in [1.807, 2.05) is 26.8 Å². The van der Waals surface area contributed by atoms with Gasteiger partial charge < -0.3 is 5.11 Å². The molecule has 0 unspecified atom stereocenters. The molecule has 0 aromatic carbocycles. The molecule has 1 N–H and O–H groups in total. The smallest absolute Gasteiger partial charge is 0.0954 e. The van der Waals surface area contributed by atoms with Gasteiger partial charge in [0, 0.05) is 6.42 Å². The Labute approximate surface area is 63.1 Å². The molecule has 1 aliphatic carbocycles. The van der Waals surface area contributed by atoms with Gasteiger partial charge in [-0.15, -0.1) is 0 Å². The molecule has 0 bridgehead atoms. The molecule has 0 heterocycles. The number of aliphatic hydroxyl groups excluding tert-OH is 1. The van der Waals surface area contributed by atoms with Gasteiger partial charge in [-0.05, 0) is 18.9 Å². The zero-order chi connectivity index (χ0) is 7.98. The van der Waals surface area contributed by atoms with Crippen LogP contribution in [0.2, 0.25) is 0 Å². The fourth-order valence-corrected chi connectivity index (χ4v) is 0.774.